The predicted molar refractivity (Wildman–Crippen MR) is 67.2 cm³/mol. The van der Waals surface area contributed by atoms with Crippen molar-refractivity contribution >= 4 is 0 Å². The summed E-state index contributed by atoms with van der Waals surface area (Å²) in [5.41, 5.74) is 9.47. The van der Waals surface area contributed by atoms with Crippen LogP contribution in [0.25, 0.3) is 0 Å². The zero-order chi connectivity index (χ0) is 11.2. The van der Waals surface area contributed by atoms with Gasteiger partial charge >= 0.3 is 0 Å². The molecule has 0 bridgehead atoms. The monoisotopic (exact) mass is 215 g/mol. The number of rotatable bonds is 2. The first-order valence-corrected chi connectivity index (χ1v) is 6.54. The second-order valence-corrected chi connectivity index (χ2v) is 5.77. The zero-order valence-electron chi connectivity index (χ0n) is 10.1. The highest BCUT2D eigenvalue weighted by Crippen LogP contribution is 2.58. The van der Waals surface area contributed by atoms with Crippen molar-refractivity contribution in [2.75, 3.05) is 0 Å². The molecule has 2 unspecified atom stereocenters. The molecule has 0 aromatic heterocycles. The van der Waals surface area contributed by atoms with E-state index in [1.165, 1.54) is 36.8 Å². The quantitative estimate of drug-likeness (QED) is 0.806. The van der Waals surface area contributed by atoms with Gasteiger partial charge in [0, 0.05) is 5.54 Å². The van der Waals surface area contributed by atoms with E-state index in [0.717, 1.165) is 18.3 Å². The van der Waals surface area contributed by atoms with Crippen LogP contribution in [0.5, 0.6) is 0 Å². The Labute approximate surface area is 98.0 Å². The van der Waals surface area contributed by atoms with Crippen LogP contribution in [-0.2, 0) is 6.42 Å². The van der Waals surface area contributed by atoms with Crippen LogP contribution in [0.1, 0.15) is 36.8 Å². The number of hydrogen-bond donors (Lipinski definition) is 1. The molecule has 16 heavy (non-hydrogen) atoms. The van der Waals surface area contributed by atoms with Gasteiger partial charge in [-0.2, -0.15) is 0 Å². The minimum absolute atomic E-state index is 0.145. The van der Waals surface area contributed by atoms with Gasteiger partial charge in [-0.25, -0.2) is 0 Å². The Balaban J connectivity index is 1.73. The Bertz CT molecular complexity index is 367. The molecule has 1 heteroatoms. The van der Waals surface area contributed by atoms with Crippen molar-refractivity contribution in [1.82, 2.24) is 0 Å². The summed E-state index contributed by atoms with van der Waals surface area (Å²) in [4.78, 5) is 0. The highest BCUT2D eigenvalue weighted by molar-refractivity contribution is 5.28. The average Bonchev–Trinajstić information content (AvgIpc) is 2.89. The van der Waals surface area contributed by atoms with Gasteiger partial charge in [-0.05, 0) is 43.6 Å². The van der Waals surface area contributed by atoms with E-state index < -0.39 is 0 Å². The fourth-order valence-corrected chi connectivity index (χ4v) is 3.62. The maximum absolute atomic E-state index is 6.57. The Morgan fingerprint density at radius 1 is 1.12 bits per heavy atom. The molecule has 2 fully saturated rings. The molecule has 86 valence electrons. The normalized spacial score (nSPS) is 36.9. The van der Waals surface area contributed by atoms with E-state index in [2.05, 4.69) is 31.2 Å². The SMILES string of the molecule is Cc1ccc(CC2(N)C3CCCCC32)cc1. The molecular formula is C15H21N. The van der Waals surface area contributed by atoms with Gasteiger partial charge in [0.25, 0.3) is 0 Å². The number of benzene rings is 1. The molecule has 0 radical (unpaired) electrons. The van der Waals surface area contributed by atoms with E-state index in [1.54, 1.807) is 0 Å². The molecule has 0 saturated heterocycles. The molecule has 2 aliphatic rings. The summed E-state index contributed by atoms with van der Waals surface area (Å²) in [5, 5.41) is 0. The Kier molecular flexibility index (Phi) is 2.32. The fraction of sp³-hybridized carbons (Fsp3) is 0.600. The third kappa shape index (κ3) is 1.58. The summed E-state index contributed by atoms with van der Waals surface area (Å²) in [6, 6.07) is 8.89. The third-order valence-corrected chi connectivity index (χ3v) is 4.67. The van der Waals surface area contributed by atoms with Crippen LogP contribution in [-0.4, -0.2) is 5.54 Å². The van der Waals surface area contributed by atoms with Crippen molar-refractivity contribution in [1.29, 1.82) is 0 Å². The lowest BCUT2D eigenvalue weighted by molar-refractivity contribution is 0.480. The predicted octanol–water partition coefficient (Wildman–Crippen LogP) is 3.06. The number of hydrogen-bond acceptors (Lipinski definition) is 1. The molecule has 2 N–H and O–H groups in total. The number of nitrogens with two attached hydrogens (primary N) is 1. The van der Waals surface area contributed by atoms with E-state index >= 15 is 0 Å². The second-order valence-electron chi connectivity index (χ2n) is 5.77. The maximum atomic E-state index is 6.57. The molecule has 2 saturated carbocycles. The Hall–Kier alpha value is -0.820. The van der Waals surface area contributed by atoms with E-state index in [0.29, 0.717) is 0 Å². The second kappa shape index (κ2) is 3.59. The molecule has 3 rings (SSSR count). The largest absolute Gasteiger partial charge is 0.324 e. The minimum atomic E-state index is 0.145. The van der Waals surface area contributed by atoms with Crippen molar-refractivity contribution in [3.8, 4) is 0 Å². The van der Waals surface area contributed by atoms with Crippen molar-refractivity contribution in [2.45, 2.75) is 44.6 Å². The summed E-state index contributed by atoms with van der Waals surface area (Å²) in [6.07, 6.45) is 6.62. The minimum Gasteiger partial charge on any atom is -0.324 e. The number of aryl methyl sites for hydroxylation is 1. The van der Waals surface area contributed by atoms with Crippen LogP contribution >= 0.6 is 0 Å². The molecule has 1 nitrogen and oxygen atoms in total. The van der Waals surface area contributed by atoms with Gasteiger partial charge in [0.05, 0.1) is 0 Å². The lowest BCUT2D eigenvalue weighted by Gasteiger charge is -2.11. The van der Waals surface area contributed by atoms with Crippen LogP contribution in [0.3, 0.4) is 0 Å². The highest BCUT2D eigenvalue weighted by Gasteiger charge is 2.61. The smallest absolute Gasteiger partial charge is 0.0259 e. The molecule has 0 heterocycles. The van der Waals surface area contributed by atoms with E-state index in [1.807, 2.05) is 0 Å². The Morgan fingerprint density at radius 2 is 1.69 bits per heavy atom. The molecule has 1 aromatic carbocycles. The van der Waals surface area contributed by atoms with Gasteiger partial charge in [-0.1, -0.05) is 42.7 Å². The van der Waals surface area contributed by atoms with Crippen molar-refractivity contribution in [3.05, 3.63) is 35.4 Å². The summed E-state index contributed by atoms with van der Waals surface area (Å²) < 4.78 is 0. The molecule has 0 amide bonds. The summed E-state index contributed by atoms with van der Waals surface area (Å²) in [5.74, 6) is 1.64. The van der Waals surface area contributed by atoms with E-state index in [9.17, 15) is 0 Å². The lowest BCUT2D eigenvalue weighted by atomic mass is 10.0. The van der Waals surface area contributed by atoms with Gasteiger partial charge in [0.1, 0.15) is 0 Å². The number of fused-ring (bicyclic) bond motifs is 1. The van der Waals surface area contributed by atoms with Crippen LogP contribution < -0.4 is 5.73 Å². The molecule has 2 aliphatic carbocycles. The van der Waals surface area contributed by atoms with Crippen molar-refractivity contribution < 1.29 is 0 Å². The molecule has 1 aromatic rings. The zero-order valence-corrected chi connectivity index (χ0v) is 10.1. The first-order valence-electron chi connectivity index (χ1n) is 6.54. The molecular weight excluding hydrogens is 194 g/mol. The summed E-state index contributed by atoms with van der Waals surface area (Å²) >= 11 is 0. The van der Waals surface area contributed by atoms with E-state index in [-0.39, 0.29) is 5.54 Å². The Morgan fingerprint density at radius 3 is 2.25 bits per heavy atom. The third-order valence-electron chi connectivity index (χ3n) is 4.67. The van der Waals surface area contributed by atoms with E-state index in [4.69, 9.17) is 5.73 Å². The van der Waals surface area contributed by atoms with Crippen molar-refractivity contribution in [2.24, 2.45) is 17.6 Å². The fourth-order valence-electron chi connectivity index (χ4n) is 3.62. The van der Waals surface area contributed by atoms with Gasteiger partial charge in [-0.15, -0.1) is 0 Å². The summed E-state index contributed by atoms with van der Waals surface area (Å²) in [6.45, 7) is 2.14. The molecule has 2 atom stereocenters. The van der Waals surface area contributed by atoms with Gasteiger partial charge in [0.2, 0.25) is 0 Å². The maximum Gasteiger partial charge on any atom is 0.0259 e. The molecule has 0 spiro atoms. The van der Waals surface area contributed by atoms with Gasteiger partial charge in [0.15, 0.2) is 0 Å². The average molecular weight is 215 g/mol. The first kappa shape index (κ1) is 10.3. The lowest BCUT2D eigenvalue weighted by Crippen LogP contribution is -2.29. The van der Waals surface area contributed by atoms with Crippen LogP contribution in [0.4, 0.5) is 0 Å². The van der Waals surface area contributed by atoms with Crippen LogP contribution in [0.15, 0.2) is 24.3 Å². The highest BCUT2D eigenvalue weighted by atomic mass is 14.9. The van der Waals surface area contributed by atoms with Crippen molar-refractivity contribution in [3.63, 3.8) is 0 Å². The standard InChI is InChI=1S/C15H21N/c1-11-6-8-12(9-7-11)10-15(16)13-4-2-3-5-14(13)15/h6-9,13-14H,2-5,10,16H2,1H3. The van der Waals surface area contributed by atoms with Gasteiger partial charge < -0.3 is 5.73 Å². The van der Waals surface area contributed by atoms with Crippen LogP contribution in [0.2, 0.25) is 0 Å². The topological polar surface area (TPSA) is 26.0 Å². The van der Waals surface area contributed by atoms with Gasteiger partial charge in [-0.3, -0.25) is 0 Å². The molecule has 0 aliphatic heterocycles. The van der Waals surface area contributed by atoms with Crippen LogP contribution in [0, 0.1) is 18.8 Å². The first-order chi connectivity index (χ1) is 7.70. The summed E-state index contributed by atoms with van der Waals surface area (Å²) in [7, 11) is 0.